The molecular formula is C21H17N3O2. The van der Waals surface area contributed by atoms with Crippen LogP contribution in [0, 0.1) is 0 Å². The first kappa shape index (κ1) is 16.0. The van der Waals surface area contributed by atoms with Gasteiger partial charge in [-0.3, -0.25) is 14.6 Å². The van der Waals surface area contributed by atoms with Gasteiger partial charge in [0, 0.05) is 23.0 Å². The van der Waals surface area contributed by atoms with Crippen LogP contribution in [0.15, 0.2) is 70.4 Å². The van der Waals surface area contributed by atoms with Crippen LogP contribution in [0.4, 0.5) is 22.7 Å². The highest BCUT2D eigenvalue weighted by Gasteiger charge is 2.21. The molecule has 0 aliphatic heterocycles. The Bertz CT molecular complexity index is 1170. The zero-order valence-corrected chi connectivity index (χ0v) is 14.2. The van der Waals surface area contributed by atoms with E-state index in [0.29, 0.717) is 11.4 Å². The van der Waals surface area contributed by atoms with Crippen LogP contribution in [0.2, 0.25) is 0 Å². The number of aromatic nitrogens is 1. The molecule has 0 radical (unpaired) electrons. The van der Waals surface area contributed by atoms with Crippen molar-refractivity contribution < 1.29 is 0 Å². The second-order valence-electron chi connectivity index (χ2n) is 6.12. The van der Waals surface area contributed by atoms with E-state index in [1.807, 2.05) is 54.6 Å². The molecule has 3 aromatic carbocycles. The lowest BCUT2D eigenvalue weighted by molar-refractivity contribution is 1.14. The fraction of sp³-hybridized carbons (Fsp3) is 0.0952. The molecule has 0 aliphatic rings. The molecule has 0 amide bonds. The monoisotopic (exact) mass is 343 g/mol. The molecule has 0 unspecified atom stereocenters. The number of aryl methyl sites for hydroxylation is 1. The van der Waals surface area contributed by atoms with Gasteiger partial charge in [-0.05, 0) is 48.4 Å². The van der Waals surface area contributed by atoms with Gasteiger partial charge in [0.25, 0.3) is 10.9 Å². The Hall–Kier alpha value is -3.47. The molecule has 128 valence electrons. The van der Waals surface area contributed by atoms with E-state index >= 15 is 0 Å². The van der Waals surface area contributed by atoms with E-state index < -0.39 is 10.9 Å². The first-order valence-electron chi connectivity index (χ1n) is 8.47. The van der Waals surface area contributed by atoms with E-state index in [0.717, 1.165) is 34.3 Å². The van der Waals surface area contributed by atoms with Crippen molar-refractivity contribution in [2.24, 2.45) is 0 Å². The molecule has 5 heteroatoms. The molecule has 1 aromatic heterocycles. The lowest BCUT2D eigenvalue weighted by Crippen LogP contribution is -2.35. The third-order valence-corrected chi connectivity index (χ3v) is 4.39. The summed E-state index contributed by atoms with van der Waals surface area (Å²) in [4.78, 5) is 28.3. The van der Waals surface area contributed by atoms with Gasteiger partial charge in [0.15, 0.2) is 0 Å². The highest BCUT2D eigenvalue weighted by Crippen LogP contribution is 2.26. The predicted octanol–water partition coefficient (Wildman–Crippen LogP) is 3.88. The Kier molecular flexibility index (Phi) is 3.97. The van der Waals surface area contributed by atoms with Crippen molar-refractivity contribution in [1.29, 1.82) is 0 Å². The van der Waals surface area contributed by atoms with E-state index in [1.165, 1.54) is 0 Å². The first-order valence-corrected chi connectivity index (χ1v) is 8.47. The largest absolute Gasteiger partial charge is 0.350 e. The number of anilines is 4. The van der Waals surface area contributed by atoms with Gasteiger partial charge in [0.05, 0.1) is 5.52 Å². The summed E-state index contributed by atoms with van der Waals surface area (Å²) < 4.78 is 0. The van der Waals surface area contributed by atoms with E-state index in [1.54, 1.807) is 6.20 Å². The maximum Gasteiger partial charge on any atom is 0.253 e. The first-order chi connectivity index (χ1) is 12.7. The van der Waals surface area contributed by atoms with Gasteiger partial charge in [-0.15, -0.1) is 0 Å². The quantitative estimate of drug-likeness (QED) is 0.538. The van der Waals surface area contributed by atoms with Gasteiger partial charge >= 0.3 is 0 Å². The number of hydrogen-bond donors (Lipinski definition) is 2. The molecule has 4 aromatic rings. The van der Waals surface area contributed by atoms with Crippen LogP contribution in [-0.2, 0) is 6.42 Å². The SMILES string of the molecule is CCc1cccc(Nc2c(Nc3ccc4ncccc4c3)c(=O)c2=O)c1. The topological polar surface area (TPSA) is 71.1 Å². The summed E-state index contributed by atoms with van der Waals surface area (Å²) in [5, 5.41) is 7.10. The van der Waals surface area contributed by atoms with Crippen molar-refractivity contribution in [1.82, 2.24) is 4.98 Å². The van der Waals surface area contributed by atoms with Crippen molar-refractivity contribution >= 4 is 33.7 Å². The summed E-state index contributed by atoms with van der Waals surface area (Å²) >= 11 is 0. The third-order valence-electron chi connectivity index (χ3n) is 4.39. The minimum atomic E-state index is -0.509. The summed E-state index contributed by atoms with van der Waals surface area (Å²) in [6.07, 6.45) is 2.64. The lowest BCUT2D eigenvalue weighted by atomic mass is 10.1. The van der Waals surface area contributed by atoms with Gasteiger partial charge in [0.2, 0.25) is 0 Å². The van der Waals surface area contributed by atoms with Gasteiger partial charge < -0.3 is 10.6 Å². The summed E-state index contributed by atoms with van der Waals surface area (Å²) in [6, 6.07) is 17.2. The molecule has 0 saturated carbocycles. The van der Waals surface area contributed by atoms with Crippen molar-refractivity contribution in [2.45, 2.75) is 13.3 Å². The summed E-state index contributed by atoms with van der Waals surface area (Å²) in [6.45, 7) is 2.07. The minimum Gasteiger partial charge on any atom is -0.350 e. The highest BCUT2D eigenvalue weighted by atomic mass is 16.2. The van der Waals surface area contributed by atoms with Crippen LogP contribution in [0.5, 0.6) is 0 Å². The van der Waals surface area contributed by atoms with Crippen LogP contribution in [0.1, 0.15) is 12.5 Å². The molecule has 4 rings (SSSR count). The lowest BCUT2D eigenvalue weighted by Gasteiger charge is -2.15. The minimum absolute atomic E-state index is 0.292. The van der Waals surface area contributed by atoms with Crippen LogP contribution < -0.4 is 21.5 Å². The van der Waals surface area contributed by atoms with Gasteiger partial charge in [0.1, 0.15) is 11.4 Å². The van der Waals surface area contributed by atoms with Crippen LogP contribution in [0.3, 0.4) is 0 Å². The number of pyridine rings is 1. The average molecular weight is 343 g/mol. The predicted molar refractivity (Wildman–Crippen MR) is 105 cm³/mol. The molecule has 0 saturated heterocycles. The van der Waals surface area contributed by atoms with E-state index in [-0.39, 0.29) is 0 Å². The summed E-state index contributed by atoms with van der Waals surface area (Å²) in [5.74, 6) is 0. The van der Waals surface area contributed by atoms with Crippen LogP contribution in [0.25, 0.3) is 10.9 Å². The van der Waals surface area contributed by atoms with Crippen molar-refractivity contribution in [3.63, 3.8) is 0 Å². The van der Waals surface area contributed by atoms with Crippen molar-refractivity contribution in [3.8, 4) is 0 Å². The normalized spacial score (nSPS) is 11.0. The fourth-order valence-corrected chi connectivity index (χ4v) is 2.94. The Morgan fingerprint density at radius 2 is 1.58 bits per heavy atom. The van der Waals surface area contributed by atoms with Crippen LogP contribution >= 0.6 is 0 Å². The maximum absolute atomic E-state index is 12.0. The van der Waals surface area contributed by atoms with Crippen molar-refractivity contribution in [2.75, 3.05) is 10.6 Å². The molecule has 0 aliphatic carbocycles. The zero-order chi connectivity index (χ0) is 18.1. The van der Waals surface area contributed by atoms with Crippen molar-refractivity contribution in [3.05, 3.63) is 86.8 Å². The molecule has 2 N–H and O–H groups in total. The number of fused-ring (bicyclic) bond motifs is 1. The molecule has 1 heterocycles. The Balaban J connectivity index is 1.64. The van der Waals surface area contributed by atoms with Crippen LogP contribution in [-0.4, -0.2) is 4.98 Å². The molecule has 0 spiro atoms. The highest BCUT2D eigenvalue weighted by molar-refractivity contribution is 5.87. The van der Waals surface area contributed by atoms with Gasteiger partial charge in [-0.1, -0.05) is 25.1 Å². The van der Waals surface area contributed by atoms with E-state index in [9.17, 15) is 9.59 Å². The Labute approximate surface area is 150 Å². The maximum atomic E-state index is 12.0. The average Bonchev–Trinajstić information content (AvgIpc) is 2.70. The summed E-state index contributed by atoms with van der Waals surface area (Å²) in [7, 11) is 0. The van der Waals surface area contributed by atoms with E-state index in [2.05, 4.69) is 22.5 Å². The number of rotatable bonds is 5. The number of nitrogens with one attached hydrogen (secondary N) is 2. The molecule has 0 atom stereocenters. The zero-order valence-electron chi connectivity index (χ0n) is 14.2. The smallest absolute Gasteiger partial charge is 0.253 e. The molecule has 26 heavy (non-hydrogen) atoms. The molecule has 0 fully saturated rings. The third kappa shape index (κ3) is 2.84. The standard InChI is InChI=1S/C21H17N3O2/c1-2-13-5-3-7-15(11-13)23-18-19(21(26)20(18)25)24-16-8-9-17-14(12-16)6-4-10-22-17/h3-12,23-24H,2H2,1H3. The summed E-state index contributed by atoms with van der Waals surface area (Å²) in [5.41, 5.74) is 3.14. The second-order valence-corrected chi connectivity index (χ2v) is 6.12. The number of benzene rings is 2. The Morgan fingerprint density at radius 1 is 0.846 bits per heavy atom. The van der Waals surface area contributed by atoms with E-state index in [4.69, 9.17) is 0 Å². The van der Waals surface area contributed by atoms with Gasteiger partial charge in [-0.2, -0.15) is 0 Å². The molecular weight excluding hydrogens is 326 g/mol. The number of nitrogens with zero attached hydrogens (tertiary/aromatic N) is 1. The fourth-order valence-electron chi connectivity index (χ4n) is 2.94. The number of hydrogen-bond acceptors (Lipinski definition) is 5. The Morgan fingerprint density at radius 3 is 2.31 bits per heavy atom. The molecule has 0 bridgehead atoms. The second kappa shape index (κ2) is 6.44. The molecule has 5 nitrogen and oxygen atoms in total. The van der Waals surface area contributed by atoms with Gasteiger partial charge in [-0.25, -0.2) is 0 Å².